The summed E-state index contributed by atoms with van der Waals surface area (Å²) in [7, 11) is 0. The van der Waals surface area contributed by atoms with E-state index in [1.165, 1.54) is 12.1 Å². The first-order chi connectivity index (χ1) is 11.5. The summed E-state index contributed by atoms with van der Waals surface area (Å²) in [5.74, 6) is -1.27. The second kappa shape index (κ2) is 7.20. The Morgan fingerprint density at radius 2 is 1.88 bits per heavy atom. The van der Waals surface area contributed by atoms with Crippen molar-refractivity contribution < 1.29 is 19.1 Å². The van der Waals surface area contributed by atoms with E-state index in [0.717, 1.165) is 24.8 Å². The number of hydrogen-bond donors (Lipinski definition) is 2. The van der Waals surface area contributed by atoms with E-state index in [2.05, 4.69) is 5.32 Å². The van der Waals surface area contributed by atoms with Gasteiger partial charge in [0.05, 0.1) is 12.0 Å². The van der Waals surface area contributed by atoms with E-state index in [9.17, 15) is 14.0 Å². The molecular weight excluding hydrogens is 311 g/mol. The van der Waals surface area contributed by atoms with Crippen LogP contribution in [0.2, 0.25) is 0 Å². The van der Waals surface area contributed by atoms with Gasteiger partial charge in [-0.1, -0.05) is 18.6 Å². The van der Waals surface area contributed by atoms with Gasteiger partial charge in [-0.15, -0.1) is 0 Å². The van der Waals surface area contributed by atoms with Crippen molar-refractivity contribution in [3.05, 3.63) is 35.6 Å². The molecule has 0 bridgehead atoms. The Hall–Kier alpha value is -2.11. The summed E-state index contributed by atoms with van der Waals surface area (Å²) in [6.07, 6.45) is 4.54. The van der Waals surface area contributed by atoms with Crippen molar-refractivity contribution in [1.82, 2.24) is 10.2 Å². The zero-order valence-corrected chi connectivity index (χ0v) is 13.6. The number of benzene rings is 1. The van der Waals surface area contributed by atoms with Crippen LogP contribution in [0.15, 0.2) is 24.3 Å². The molecule has 2 aliphatic rings. The van der Waals surface area contributed by atoms with Gasteiger partial charge in [0.1, 0.15) is 5.82 Å². The van der Waals surface area contributed by atoms with E-state index in [4.69, 9.17) is 5.11 Å². The zero-order valence-electron chi connectivity index (χ0n) is 13.6. The highest BCUT2D eigenvalue weighted by molar-refractivity contribution is 5.77. The maximum absolute atomic E-state index is 13.2. The van der Waals surface area contributed by atoms with Gasteiger partial charge < -0.3 is 15.3 Å². The first-order valence-corrected chi connectivity index (χ1v) is 8.58. The van der Waals surface area contributed by atoms with E-state index < -0.39 is 11.9 Å². The van der Waals surface area contributed by atoms with E-state index in [1.54, 1.807) is 17.0 Å². The van der Waals surface area contributed by atoms with Crippen LogP contribution in [0.5, 0.6) is 0 Å². The molecule has 0 spiro atoms. The largest absolute Gasteiger partial charge is 0.481 e. The molecule has 2 atom stereocenters. The van der Waals surface area contributed by atoms with Crippen molar-refractivity contribution >= 4 is 12.0 Å². The van der Waals surface area contributed by atoms with Gasteiger partial charge in [0, 0.05) is 13.1 Å². The number of nitrogens with one attached hydrogen (secondary N) is 1. The monoisotopic (exact) mass is 334 g/mol. The number of carbonyl (C=O) groups is 2. The third-order valence-corrected chi connectivity index (χ3v) is 5.19. The maximum atomic E-state index is 13.2. The number of piperidine rings is 1. The van der Waals surface area contributed by atoms with Crippen LogP contribution in [0.25, 0.3) is 0 Å². The minimum absolute atomic E-state index is 0.142. The van der Waals surface area contributed by atoms with Crippen LogP contribution in [0.1, 0.15) is 43.7 Å². The average molecular weight is 334 g/mol. The number of aliphatic carboxylic acids is 1. The predicted molar refractivity (Wildman–Crippen MR) is 86.9 cm³/mol. The van der Waals surface area contributed by atoms with Crippen molar-refractivity contribution in [2.24, 2.45) is 11.8 Å². The van der Waals surface area contributed by atoms with E-state index in [0.29, 0.717) is 25.3 Å². The first kappa shape index (κ1) is 16.7. The second-order valence-electron chi connectivity index (χ2n) is 6.79. The SMILES string of the molecule is O=C(O)C1CCCN(C(=O)NC(c2ccc(F)cc2)C2CCC2)C1. The highest BCUT2D eigenvalue weighted by atomic mass is 19.1. The summed E-state index contributed by atoms with van der Waals surface area (Å²) in [4.78, 5) is 25.4. The lowest BCUT2D eigenvalue weighted by Crippen LogP contribution is -2.49. The van der Waals surface area contributed by atoms with Crippen LogP contribution in [-0.2, 0) is 4.79 Å². The van der Waals surface area contributed by atoms with Crippen LogP contribution in [0.3, 0.4) is 0 Å². The number of carboxylic acid groups (broad SMARTS) is 1. The molecule has 2 N–H and O–H groups in total. The lowest BCUT2D eigenvalue weighted by atomic mass is 9.77. The number of nitrogens with zero attached hydrogens (tertiary/aromatic N) is 1. The number of amides is 2. The molecule has 2 unspecified atom stereocenters. The number of halogens is 1. The van der Waals surface area contributed by atoms with Crippen LogP contribution in [0.4, 0.5) is 9.18 Å². The topological polar surface area (TPSA) is 69.6 Å². The van der Waals surface area contributed by atoms with Gasteiger partial charge in [-0.25, -0.2) is 9.18 Å². The molecule has 2 amide bonds. The standard InChI is InChI=1S/C18H23FN2O3/c19-15-8-6-13(7-9-15)16(12-3-1-4-12)20-18(24)21-10-2-5-14(11-21)17(22)23/h6-9,12,14,16H,1-5,10-11H2,(H,20,24)(H,22,23). The van der Waals surface area contributed by atoms with Crippen LogP contribution >= 0.6 is 0 Å². The Bertz CT molecular complexity index is 601. The normalized spacial score (nSPS) is 22.5. The summed E-state index contributed by atoms with van der Waals surface area (Å²) < 4.78 is 13.2. The zero-order chi connectivity index (χ0) is 17.1. The fraction of sp³-hybridized carbons (Fsp3) is 0.556. The molecule has 1 aromatic rings. The molecule has 1 aliphatic heterocycles. The predicted octanol–water partition coefficient (Wildman–Crippen LogP) is 3.17. The molecule has 24 heavy (non-hydrogen) atoms. The van der Waals surface area contributed by atoms with Crippen molar-refractivity contribution in [2.75, 3.05) is 13.1 Å². The third-order valence-electron chi connectivity index (χ3n) is 5.19. The molecule has 0 radical (unpaired) electrons. The highest BCUT2D eigenvalue weighted by Gasteiger charge is 2.33. The summed E-state index contributed by atoms with van der Waals surface area (Å²) >= 11 is 0. The molecule has 1 saturated heterocycles. The van der Waals surface area contributed by atoms with E-state index in [1.807, 2.05) is 0 Å². The summed E-state index contributed by atoms with van der Waals surface area (Å²) in [5.41, 5.74) is 0.904. The summed E-state index contributed by atoms with van der Waals surface area (Å²) in [6, 6.07) is 5.89. The molecule has 3 rings (SSSR count). The highest BCUT2D eigenvalue weighted by Crippen LogP contribution is 2.38. The molecule has 1 heterocycles. The van der Waals surface area contributed by atoms with Crippen LogP contribution in [0, 0.1) is 17.7 Å². The first-order valence-electron chi connectivity index (χ1n) is 8.58. The molecule has 2 fully saturated rings. The lowest BCUT2D eigenvalue weighted by Gasteiger charge is -2.37. The van der Waals surface area contributed by atoms with Gasteiger partial charge in [-0.3, -0.25) is 4.79 Å². The van der Waals surface area contributed by atoms with Crippen molar-refractivity contribution in [1.29, 1.82) is 0 Å². The van der Waals surface area contributed by atoms with E-state index in [-0.39, 0.29) is 24.4 Å². The molecule has 6 heteroatoms. The fourth-order valence-electron chi connectivity index (χ4n) is 3.50. The number of rotatable bonds is 4. The van der Waals surface area contributed by atoms with Crippen molar-refractivity contribution in [2.45, 2.75) is 38.1 Å². The van der Waals surface area contributed by atoms with Gasteiger partial charge in [0.2, 0.25) is 0 Å². The van der Waals surface area contributed by atoms with Gasteiger partial charge in [0.25, 0.3) is 0 Å². The summed E-state index contributed by atoms with van der Waals surface area (Å²) in [5, 5.41) is 12.2. The van der Waals surface area contributed by atoms with Crippen molar-refractivity contribution in [3.63, 3.8) is 0 Å². The van der Waals surface area contributed by atoms with Crippen LogP contribution in [-0.4, -0.2) is 35.1 Å². The van der Waals surface area contributed by atoms with Gasteiger partial charge in [0.15, 0.2) is 0 Å². The Morgan fingerprint density at radius 3 is 2.46 bits per heavy atom. The van der Waals surface area contributed by atoms with E-state index >= 15 is 0 Å². The Balaban J connectivity index is 1.69. The van der Waals surface area contributed by atoms with Gasteiger partial charge in [-0.2, -0.15) is 0 Å². The van der Waals surface area contributed by atoms with Crippen LogP contribution < -0.4 is 5.32 Å². The molecule has 0 aromatic heterocycles. The third kappa shape index (κ3) is 3.68. The average Bonchev–Trinajstić information content (AvgIpc) is 2.53. The number of hydrogen-bond acceptors (Lipinski definition) is 2. The van der Waals surface area contributed by atoms with Crippen molar-refractivity contribution in [3.8, 4) is 0 Å². The molecular formula is C18H23FN2O3. The number of carbonyl (C=O) groups excluding carboxylic acids is 1. The molecule has 130 valence electrons. The molecule has 1 aromatic carbocycles. The molecule has 1 aliphatic carbocycles. The molecule has 5 nitrogen and oxygen atoms in total. The van der Waals surface area contributed by atoms with Gasteiger partial charge in [-0.05, 0) is 49.3 Å². The smallest absolute Gasteiger partial charge is 0.317 e. The number of urea groups is 1. The lowest BCUT2D eigenvalue weighted by molar-refractivity contribution is -0.143. The fourth-order valence-corrected chi connectivity index (χ4v) is 3.50. The number of carboxylic acids is 1. The number of likely N-dealkylation sites (tertiary alicyclic amines) is 1. The quantitative estimate of drug-likeness (QED) is 0.888. The van der Waals surface area contributed by atoms with Gasteiger partial charge >= 0.3 is 12.0 Å². The Morgan fingerprint density at radius 1 is 1.17 bits per heavy atom. The maximum Gasteiger partial charge on any atom is 0.317 e. The second-order valence-corrected chi connectivity index (χ2v) is 6.79. The minimum Gasteiger partial charge on any atom is -0.481 e. The Kier molecular flexibility index (Phi) is 5.02. The summed E-state index contributed by atoms with van der Waals surface area (Å²) in [6.45, 7) is 0.832. The molecule has 1 saturated carbocycles. The minimum atomic E-state index is -0.846. The Labute approximate surface area is 140 Å².